The number of hydrogen-bond donors (Lipinski definition) is 1. The summed E-state index contributed by atoms with van der Waals surface area (Å²) in [6.07, 6.45) is 0.756. The van der Waals surface area contributed by atoms with Crippen molar-refractivity contribution in [1.29, 1.82) is 0 Å². The van der Waals surface area contributed by atoms with E-state index in [0.29, 0.717) is 23.5 Å². The number of halogens is 2. The van der Waals surface area contributed by atoms with Crippen molar-refractivity contribution in [1.82, 2.24) is 20.0 Å². The molecule has 8 heteroatoms. The highest BCUT2D eigenvalue weighted by atomic mass is 19.1. The Kier molecular flexibility index (Phi) is 7.36. The fourth-order valence-corrected chi connectivity index (χ4v) is 3.34. The third kappa shape index (κ3) is 6.09. The molecule has 0 atom stereocenters. The summed E-state index contributed by atoms with van der Waals surface area (Å²) in [6.45, 7) is 10.3. The topological polar surface area (TPSA) is 59.4 Å². The van der Waals surface area contributed by atoms with Crippen LogP contribution in [0.2, 0.25) is 0 Å². The van der Waals surface area contributed by atoms with Gasteiger partial charge in [0.05, 0.1) is 23.5 Å². The third-order valence-electron chi connectivity index (χ3n) is 4.85. The Balaban J connectivity index is 2.06. The van der Waals surface area contributed by atoms with Crippen LogP contribution >= 0.6 is 0 Å². The summed E-state index contributed by atoms with van der Waals surface area (Å²) in [5.41, 5.74) is 1.59. The lowest BCUT2D eigenvalue weighted by molar-refractivity contribution is 0.185. The molecule has 33 heavy (non-hydrogen) atoms. The number of aryl methyl sites for hydroxylation is 1. The van der Waals surface area contributed by atoms with Gasteiger partial charge in [-0.15, -0.1) is 0 Å². The molecule has 0 aliphatic carbocycles. The normalized spacial score (nSPS) is 11.4. The molecule has 0 saturated carbocycles. The van der Waals surface area contributed by atoms with Crippen LogP contribution in [0.5, 0.6) is 11.6 Å². The summed E-state index contributed by atoms with van der Waals surface area (Å²) in [7, 11) is 0. The summed E-state index contributed by atoms with van der Waals surface area (Å²) in [5.74, 6) is -1.37. The van der Waals surface area contributed by atoms with E-state index in [2.05, 4.69) is 10.4 Å². The van der Waals surface area contributed by atoms with E-state index in [-0.39, 0.29) is 24.2 Å². The number of para-hydroxylation sites is 1. The van der Waals surface area contributed by atoms with Crippen LogP contribution in [0.4, 0.5) is 13.6 Å². The summed E-state index contributed by atoms with van der Waals surface area (Å²) in [5, 5.41) is 7.59. The molecule has 2 aromatic carbocycles. The number of rotatable bonds is 7. The molecule has 0 fully saturated rings. The van der Waals surface area contributed by atoms with Crippen molar-refractivity contribution in [2.75, 3.05) is 6.54 Å². The third-order valence-corrected chi connectivity index (χ3v) is 4.85. The van der Waals surface area contributed by atoms with E-state index < -0.39 is 17.2 Å². The van der Waals surface area contributed by atoms with E-state index in [1.54, 1.807) is 9.58 Å². The summed E-state index contributed by atoms with van der Waals surface area (Å²) in [6, 6.07) is 12.2. The number of ether oxygens (including phenoxy) is 1. The molecule has 0 spiro atoms. The van der Waals surface area contributed by atoms with Gasteiger partial charge in [-0.2, -0.15) is 5.10 Å². The molecule has 176 valence electrons. The molecule has 3 aromatic rings. The van der Waals surface area contributed by atoms with Crippen LogP contribution in [0.15, 0.2) is 48.5 Å². The Labute approximate surface area is 193 Å². The average Bonchev–Trinajstić information content (AvgIpc) is 3.04. The molecule has 1 heterocycles. The molecule has 0 radical (unpaired) electrons. The van der Waals surface area contributed by atoms with Crippen LogP contribution in [0.3, 0.4) is 0 Å². The predicted octanol–water partition coefficient (Wildman–Crippen LogP) is 5.97. The number of benzene rings is 2. The molecular weight excluding hydrogens is 426 g/mol. The molecule has 0 aliphatic rings. The lowest BCUT2D eigenvalue weighted by Gasteiger charge is -2.28. The SMILES string of the molecule is CCCN(Cc1c(C)nn(-c2ccccc2)c1Oc1ccc(F)cc1F)C(=O)NC(C)(C)C. The van der Waals surface area contributed by atoms with Crippen molar-refractivity contribution in [3.63, 3.8) is 0 Å². The molecule has 6 nitrogen and oxygen atoms in total. The molecule has 0 saturated heterocycles. The van der Waals surface area contributed by atoms with Crippen LogP contribution in [-0.2, 0) is 6.54 Å². The molecular formula is C25H30F2N4O2. The number of nitrogens with one attached hydrogen (secondary N) is 1. The van der Waals surface area contributed by atoms with Crippen LogP contribution in [0.25, 0.3) is 5.69 Å². The van der Waals surface area contributed by atoms with Crippen molar-refractivity contribution < 1.29 is 18.3 Å². The summed E-state index contributed by atoms with van der Waals surface area (Å²) in [4.78, 5) is 14.6. The summed E-state index contributed by atoms with van der Waals surface area (Å²) < 4.78 is 35.4. The van der Waals surface area contributed by atoms with Gasteiger partial charge in [-0.25, -0.2) is 18.3 Å². The lowest BCUT2D eigenvalue weighted by atomic mass is 10.1. The molecule has 0 bridgehead atoms. The molecule has 1 N–H and O–H groups in total. The minimum Gasteiger partial charge on any atom is -0.435 e. The first-order chi connectivity index (χ1) is 15.6. The van der Waals surface area contributed by atoms with Gasteiger partial charge < -0.3 is 15.0 Å². The van der Waals surface area contributed by atoms with E-state index in [1.165, 1.54) is 6.07 Å². The Morgan fingerprint density at radius 2 is 1.85 bits per heavy atom. The Morgan fingerprint density at radius 1 is 1.15 bits per heavy atom. The number of urea groups is 1. The second-order valence-electron chi connectivity index (χ2n) is 8.89. The lowest BCUT2D eigenvalue weighted by Crippen LogP contribution is -2.48. The Hall–Kier alpha value is -3.42. The van der Waals surface area contributed by atoms with Crippen LogP contribution < -0.4 is 10.1 Å². The standard InChI is InChI=1S/C25H30F2N4O2/c1-6-14-30(24(32)28-25(3,4)5)16-20-17(2)29-31(19-10-8-7-9-11-19)23(20)33-22-13-12-18(26)15-21(22)27/h7-13,15H,6,14,16H2,1-5H3,(H,28,32). The zero-order chi connectivity index (χ0) is 24.2. The van der Waals surface area contributed by atoms with Crippen molar-refractivity contribution in [2.45, 2.75) is 53.1 Å². The van der Waals surface area contributed by atoms with Gasteiger partial charge >= 0.3 is 6.03 Å². The highest BCUT2D eigenvalue weighted by Crippen LogP contribution is 2.33. The number of amides is 2. The quantitative estimate of drug-likeness (QED) is 0.476. The second kappa shape index (κ2) is 10.0. The number of aromatic nitrogens is 2. The van der Waals surface area contributed by atoms with Crippen molar-refractivity contribution in [3.8, 4) is 17.3 Å². The number of nitrogens with zero attached hydrogens (tertiary/aromatic N) is 3. The van der Waals surface area contributed by atoms with Crippen LogP contribution in [-0.4, -0.2) is 32.8 Å². The first-order valence-electron chi connectivity index (χ1n) is 10.9. The maximum atomic E-state index is 14.4. The van der Waals surface area contributed by atoms with Gasteiger partial charge in [-0.3, -0.25) is 0 Å². The maximum Gasteiger partial charge on any atom is 0.318 e. The Bertz CT molecular complexity index is 1110. The monoisotopic (exact) mass is 456 g/mol. The summed E-state index contributed by atoms with van der Waals surface area (Å²) >= 11 is 0. The fraction of sp³-hybridized carbons (Fsp3) is 0.360. The minimum atomic E-state index is -0.824. The van der Waals surface area contributed by atoms with Gasteiger partial charge in [0, 0.05) is 18.2 Å². The highest BCUT2D eigenvalue weighted by molar-refractivity contribution is 5.75. The van der Waals surface area contributed by atoms with Gasteiger partial charge in [0.1, 0.15) is 5.82 Å². The van der Waals surface area contributed by atoms with E-state index in [0.717, 1.165) is 18.6 Å². The van der Waals surface area contributed by atoms with E-state index >= 15 is 0 Å². The first kappa shape index (κ1) is 24.2. The Morgan fingerprint density at radius 3 is 2.45 bits per heavy atom. The highest BCUT2D eigenvalue weighted by Gasteiger charge is 2.25. The minimum absolute atomic E-state index is 0.129. The van der Waals surface area contributed by atoms with Gasteiger partial charge in [-0.1, -0.05) is 25.1 Å². The van der Waals surface area contributed by atoms with Crippen molar-refractivity contribution in [2.24, 2.45) is 0 Å². The molecule has 3 rings (SSSR count). The molecule has 0 unspecified atom stereocenters. The van der Waals surface area contributed by atoms with E-state index in [4.69, 9.17) is 4.74 Å². The average molecular weight is 457 g/mol. The van der Waals surface area contributed by atoms with E-state index in [1.807, 2.05) is 65.0 Å². The first-order valence-corrected chi connectivity index (χ1v) is 10.9. The van der Waals surface area contributed by atoms with E-state index in [9.17, 15) is 13.6 Å². The van der Waals surface area contributed by atoms with Crippen LogP contribution in [0, 0.1) is 18.6 Å². The fourth-order valence-electron chi connectivity index (χ4n) is 3.34. The smallest absolute Gasteiger partial charge is 0.318 e. The number of hydrogen-bond acceptors (Lipinski definition) is 3. The maximum absolute atomic E-state index is 14.4. The second-order valence-corrected chi connectivity index (χ2v) is 8.89. The van der Waals surface area contributed by atoms with Gasteiger partial charge in [0.15, 0.2) is 11.6 Å². The van der Waals surface area contributed by atoms with Gasteiger partial charge in [0.2, 0.25) is 5.88 Å². The van der Waals surface area contributed by atoms with Gasteiger partial charge in [-0.05, 0) is 58.4 Å². The number of carbonyl (C=O) groups excluding carboxylic acids is 1. The largest absolute Gasteiger partial charge is 0.435 e. The van der Waals surface area contributed by atoms with Crippen LogP contribution in [0.1, 0.15) is 45.4 Å². The molecule has 1 aromatic heterocycles. The zero-order valence-electron chi connectivity index (χ0n) is 19.7. The van der Waals surface area contributed by atoms with Gasteiger partial charge in [0.25, 0.3) is 0 Å². The molecule has 0 aliphatic heterocycles. The van der Waals surface area contributed by atoms with Crippen molar-refractivity contribution >= 4 is 6.03 Å². The predicted molar refractivity (Wildman–Crippen MR) is 124 cm³/mol. The van der Waals surface area contributed by atoms with Crippen molar-refractivity contribution in [3.05, 3.63) is 71.4 Å². The molecule has 2 amide bonds. The number of carbonyl (C=O) groups is 1. The zero-order valence-corrected chi connectivity index (χ0v) is 19.7.